The van der Waals surface area contributed by atoms with Crippen molar-refractivity contribution >= 4 is 17.3 Å². The molecule has 0 atom stereocenters. The van der Waals surface area contributed by atoms with Crippen LogP contribution in [0.4, 0.5) is 0 Å². The fraction of sp³-hybridized carbons (Fsp3) is 0. The Bertz CT molecular complexity index is 421. The predicted octanol–water partition coefficient (Wildman–Crippen LogP) is 1.03. The maximum absolute atomic E-state index is 10.6. The normalized spacial score (nSPS) is 10.2. The first kappa shape index (κ1) is 7.93. The van der Waals surface area contributed by atoms with Gasteiger partial charge in [-0.3, -0.25) is 4.57 Å². The van der Waals surface area contributed by atoms with Crippen LogP contribution >= 0.6 is 11.3 Å². The Hall–Kier alpha value is -1.69. The maximum atomic E-state index is 10.6. The maximum Gasteiger partial charge on any atom is 0.345 e. The number of thiophene rings is 1. The Balaban J connectivity index is 2.39. The van der Waals surface area contributed by atoms with Gasteiger partial charge < -0.3 is 5.11 Å². The molecular weight excluding hydrogens is 190 g/mol. The third kappa shape index (κ3) is 1.43. The Morgan fingerprint density at radius 3 is 2.62 bits per heavy atom. The highest BCUT2D eigenvalue weighted by molar-refractivity contribution is 7.16. The zero-order valence-electron chi connectivity index (χ0n) is 6.41. The van der Waals surface area contributed by atoms with Crippen molar-refractivity contribution < 1.29 is 9.90 Å². The first-order valence-corrected chi connectivity index (χ1v) is 4.27. The molecule has 0 radical (unpaired) electrons. The van der Waals surface area contributed by atoms with Crippen LogP contribution in [-0.2, 0) is 0 Å². The van der Waals surface area contributed by atoms with E-state index >= 15 is 0 Å². The van der Waals surface area contributed by atoms with Gasteiger partial charge in [-0.2, -0.15) is 0 Å². The van der Waals surface area contributed by atoms with E-state index in [0.717, 1.165) is 5.00 Å². The molecular formula is C7H5N3O2S. The lowest BCUT2D eigenvalue weighted by atomic mass is 10.5. The van der Waals surface area contributed by atoms with Crippen molar-refractivity contribution in [3.05, 3.63) is 29.7 Å². The van der Waals surface area contributed by atoms with Gasteiger partial charge in [0.2, 0.25) is 0 Å². The van der Waals surface area contributed by atoms with Gasteiger partial charge in [-0.1, -0.05) is 0 Å². The van der Waals surface area contributed by atoms with Crippen molar-refractivity contribution in [1.29, 1.82) is 0 Å². The van der Waals surface area contributed by atoms with Crippen molar-refractivity contribution in [3.63, 3.8) is 0 Å². The average Bonchev–Trinajstić information content (AvgIpc) is 2.75. The van der Waals surface area contributed by atoms with Crippen molar-refractivity contribution in [2.24, 2.45) is 0 Å². The minimum absolute atomic E-state index is 0.309. The van der Waals surface area contributed by atoms with Crippen LogP contribution < -0.4 is 0 Å². The molecule has 2 rings (SSSR count). The molecule has 0 fully saturated rings. The second-order valence-electron chi connectivity index (χ2n) is 2.31. The number of hydrogen-bond donors (Lipinski definition) is 1. The fourth-order valence-corrected chi connectivity index (χ4v) is 1.68. The molecule has 0 aromatic carbocycles. The minimum Gasteiger partial charge on any atom is -0.477 e. The van der Waals surface area contributed by atoms with Crippen LogP contribution in [-0.4, -0.2) is 25.8 Å². The summed E-state index contributed by atoms with van der Waals surface area (Å²) in [4.78, 5) is 10.9. The average molecular weight is 195 g/mol. The highest BCUT2D eigenvalue weighted by Gasteiger charge is 2.07. The predicted molar refractivity (Wildman–Crippen MR) is 46.2 cm³/mol. The number of rotatable bonds is 2. The first-order chi connectivity index (χ1) is 6.27. The molecule has 6 heteroatoms. The smallest absolute Gasteiger partial charge is 0.345 e. The second kappa shape index (κ2) is 2.98. The molecule has 0 aliphatic rings. The van der Waals surface area contributed by atoms with Crippen molar-refractivity contribution in [2.75, 3.05) is 0 Å². The van der Waals surface area contributed by atoms with Crippen LogP contribution in [0.1, 0.15) is 9.67 Å². The van der Waals surface area contributed by atoms with Crippen molar-refractivity contribution in [3.8, 4) is 5.00 Å². The number of aromatic nitrogens is 3. The Morgan fingerprint density at radius 1 is 1.38 bits per heavy atom. The molecule has 0 spiro atoms. The summed E-state index contributed by atoms with van der Waals surface area (Å²) in [5, 5.41) is 16.7. The lowest BCUT2D eigenvalue weighted by Crippen LogP contribution is -1.89. The number of hydrogen-bond acceptors (Lipinski definition) is 4. The van der Waals surface area contributed by atoms with Crippen LogP contribution in [0.25, 0.3) is 5.00 Å². The van der Waals surface area contributed by atoms with Gasteiger partial charge in [0.15, 0.2) is 0 Å². The van der Waals surface area contributed by atoms with Gasteiger partial charge in [-0.05, 0) is 12.1 Å². The summed E-state index contributed by atoms with van der Waals surface area (Å²) >= 11 is 1.18. The lowest BCUT2D eigenvalue weighted by Gasteiger charge is -1.91. The molecule has 13 heavy (non-hydrogen) atoms. The molecule has 2 heterocycles. The molecule has 0 amide bonds. The van der Waals surface area contributed by atoms with Crippen molar-refractivity contribution in [1.82, 2.24) is 14.8 Å². The van der Waals surface area contributed by atoms with Crippen LogP contribution in [0.3, 0.4) is 0 Å². The van der Waals surface area contributed by atoms with E-state index in [1.165, 1.54) is 24.0 Å². The fourth-order valence-electron chi connectivity index (χ4n) is 0.896. The quantitative estimate of drug-likeness (QED) is 0.777. The first-order valence-electron chi connectivity index (χ1n) is 3.45. The van der Waals surface area contributed by atoms with E-state index in [4.69, 9.17) is 5.11 Å². The summed E-state index contributed by atoms with van der Waals surface area (Å²) in [5.41, 5.74) is 0. The van der Waals surface area contributed by atoms with Gasteiger partial charge in [0.25, 0.3) is 0 Å². The van der Waals surface area contributed by atoms with Crippen LogP contribution in [0.2, 0.25) is 0 Å². The van der Waals surface area contributed by atoms with Gasteiger partial charge in [-0.15, -0.1) is 21.5 Å². The highest BCUT2D eigenvalue weighted by atomic mass is 32.1. The van der Waals surface area contributed by atoms with Gasteiger partial charge in [0.1, 0.15) is 22.5 Å². The molecule has 0 aliphatic carbocycles. The molecule has 0 saturated heterocycles. The minimum atomic E-state index is -0.913. The third-order valence-electron chi connectivity index (χ3n) is 1.48. The van der Waals surface area contributed by atoms with Gasteiger partial charge in [-0.25, -0.2) is 4.79 Å². The summed E-state index contributed by atoms with van der Waals surface area (Å²) in [6.07, 6.45) is 3.05. The van der Waals surface area contributed by atoms with E-state index < -0.39 is 5.97 Å². The molecule has 2 aromatic heterocycles. The third-order valence-corrected chi connectivity index (χ3v) is 2.56. The molecule has 66 valence electrons. The van der Waals surface area contributed by atoms with E-state index in [9.17, 15) is 4.79 Å². The van der Waals surface area contributed by atoms with E-state index in [0.29, 0.717) is 4.88 Å². The Kier molecular flexibility index (Phi) is 1.82. The van der Waals surface area contributed by atoms with Gasteiger partial charge in [0, 0.05) is 0 Å². The summed E-state index contributed by atoms with van der Waals surface area (Å²) in [5.74, 6) is -0.913. The van der Waals surface area contributed by atoms with Gasteiger partial charge in [0.05, 0.1) is 0 Å². The lowest BCUT2D eigenvalue weighted by molar-refractivity contribution is 0.0702. The van der Waals surface area contributed by atoms with E-state index in [1.807, 2.05) is 0 Å². The number of carboxylic acid groups (broad SMARTS) is 1. The molecule has 2 aromatic rings. The van der Waals surface area contributed by atoms with Gasteiger partial charge >= 0.3 is 5.97 Å². The second-order valence-corrected chi connectivity index (χ2v) is 3.37. The standard InChI is InChI=1S/C7H5N3O2S/c11-7(12)5-1-2-6(13-5)10-3-8-9-4-10/h1-4H,(H,11,12). The monoisotopic (exact) mass is 195 g/mol. The zero-order valence-corrected chi connectivity index (χ0v) is 7.23. The SMILES string of the molecule is O=C(O)c1ccc(-n2cnnc2)s1. The highest BCUT2D eigenvalue weighted by Crippen LogP contribution is 2.19. The Morgan fingerprint density at radius 2 is 2.08 bits per heavy atom. The van der Waals surface area contributed by atoms with E-state index in [1.54, 1.807) is 16.7 Å². The van der Waals surface area contributed by atoms with Crippen LogP contribution in [0, 0.1) is 0 Å². The number of carbonyl (C=O) groups is 1. The molecule has 0 unspecified atom stereocenters. The summed E-state index contributed by atoms with van der Waals surface area (Å²) < 4.78 is 1.66. The summed E-state index contributed by atoms with van der Waals surface area (Å²) in [7, 11) is 0. The molecule has 0 bridgehead atoms. The molecule has 1 N–H and O–H groups in total. The topological polar surface area (TPSA) is 68.0 Å². The molecule has 0 saturated carbocycles. The molecule has 0 aliphatic heterocycles. The number of aromatic carboxylic acids is 1. The van der Waals surface area contributed by atoms with Crippen LogP contribution in [0.5, 0.6) is 0 Å². The van der Waals surface area contributed by atoms with Crippen LogP contribution in [0.15, 0.2) is 24.8 Å². The number of nitrogens with zero attached hydrogens (tertiary/aromatic N) is 3. The summed E-state index contributed by atoms with van der Waals surface area (Å²) in [6, 6.07) is 3.28. The van der Waals surface area contributed by atoms with Crippen molar-refractivity contribution in [2.45, 2.75) is 0 Å². The number of carboxylic acids is 1. The van der Waals surface area contributed by atoms with E-state index in [2.05, 4.69) is 10.2 Å². The summed E-state index contributed by atoms with van der Waals surface area (Å²) in [6.45, 7) is 0. The van der Waals surface area contributed by atoms with E-state index in [-0.39, 0.29) is 0 Å². The largest absolute Gasteiger partial charge is 0.477 e. The Labute approximate surface area is 77.3 Å². The zero-order chi connectivity index (χ0) is 9.26. The molecule has 5 nitrogen and oxygen atoms in total.